The summed E-state index contributed by atoms with van der Waals surface area (Å²) in [6.07, 6.45) is 4.09. The molecule has 126 valence electrons. The Morgan fingerprint density at radius 1 is 1.33 bits per heavy atom. The summed E-state index contributed by atoms with van der Waals surface area (Å²) < 4.78 is 21.7. The van der Waals surface area contributed by atoms with E-state index in [1.807, 2.05) is 23.2 Å². The normalized spacial score (nSPS) is 25.8. The van der Waals surface area contributed by atoms with E-state index in [1.54, 1.807) is 0 Å². The van der Waals surface area contributed by atoms with Crippen LogP contribution in [0.1, 0.15) is 19.0 Å². The van der Waals surface area contributed by atoms with Gasteiger partial charge in [0.2, 0.25) is 5.91 Å². The number of carbonyl (C=O) groups is 1. The third-order valence-electron chi connectivity index (χ3n) is 4.84. The molecule has 0 radical (unpaired) electrons. The molecule has 2 aromatic heterocycles. The molecule has 3 atom stereocenters. The molecule has 0 unspecified atom stereocenters. The van der Waals surface area contributed by atoms with Crippen LogP contribution in [0.25, 0.3) is 0 Å². The summed E-state index contributed by atoms with van der Waals surface area (Å²) in [6, 6.07) is 6.83. The Hall–Kier alpha value is -2.37. The second-order valence-corrected chi connectivity index (χ2v) is 6.72. The third-order valence-corrected chi connectivity index (χ3v) is 4.84. The Bertz CT molecular complexity index is 760. The average molecular weight is 329 g/mol. The first kappa shape index (κ1) is 15.2. The number of aromatic nitrogens is 2. The van der Waals surface area contributed by atoms with Gasteiger partial charge in [-0.3, -0.25) is 4.79 Å². The first-order valence-corrected chi connectivity index (χ1v) is 8.32. The van der Waals surface area contributed by atoms with Crippen molar-refractivity contribution in [3.63, 3.8) is 0 Å². The number of ether oxygens (including phenoxy) is 1. The minimum Gasteiger partial charge on any atom is -0.468 e. The van der Waals surface area contributed by atoms with E-state index in [2.05, 4.69) is 16.5 Å². The average Bonchev–Trinajstić information content (AvgIpc) is 3.19. The Balaban J connectivity index is 1.57. The fraction of sp³-hybridized carbons (Fsp3) is 0.444. The van der Waals surface area contributed by atoms with Crippen molar-refractivity contribution in [2.24, 2.45) is 11.8 Å². The maximum atomic E-state index is 13.9. The first-order chi connectivity index (χ1) is 11.6. The molecule has 6 heteroatoms. The van der Waals surface area contributed by atoms with Crippen molar-refractivity contribution < 1.29 is 13.9 Å². The summed E-state index contributed by atoms with van der Waals surface area (Å²) in [4.78, 5) is 18.5. The molecule has 1 aliphatic carbocycles. The number of hydrogen-bond acceptors (Lipinski definition) is 3. The molecule has 2 aromatic rings. The van der Waals surface area contributed by atoms with Crippen molar-refractivity contribution in [2.45, 2.75) is 32.5 Å². The van der Waals surface area contributed by atoms with Crippen LogP contribution in [0.3, 0.4) is 0 Å². The van der Waals surface area contributed by atoms with E-state index in [1.165, 1.54) is 18.3 Å². The van der Waals surface area contributed by atoms with E-state index < -0.39 is 5.82 Å². The molecule has 2 aliphatic rings. The van der Waals surface area contributed by atoms with Gasteiger partial charge in [-0.05, 0) is 36.6 Å². The van der Waals surface area contributed by atoms with Crippen LogP contribution in [-0.4, -0.2) is 33.0 Å². The zero-order valence-electron chi connectivity index (χ0n) is 13.6. The molecule has 1 saturated carbocycles. The largest absolute Gasteiger partial charge is 0.468 e. The van der Waals surface area contributed by atoms with Gasteiger partial charge in [0.05, 0.1) is 19.6 Å². The number of nitrogens with zero attached hydrogens (tertiary/aromatic N) is 3. The molecular weight excluding hydrogens is 309 g/mol. The van der Waals surface area contributed by atoms with Crippen LogP contribution in [0.15, 0.2) is 36.7 Å². The first-order valence-electron chi connectivity index (χ1n) is 8.32. The lowest BCUT2D eigenvalue weighted by Gasteiger charge is -2.24. The number of hydrogen-bond donors (Lipinski definition) is 0. The maximum Gasteiger partial charge on any atom is 0.250 e. The fourth-order valence-electron chi connectivity index (χ4n) is 3.31. The van der Waals surface area contributed by atoms with E-state index in [0.717, 1.165) is 12.1 Å². The highest BCUT2D eigenvalue weighted by Gasteiger charge is 2.42. The molecule has 1 fully saturated rings. The molecule has 0 saturated heterocycles. The van der Waals surface area contributed by atoms with Crippen molar-refractivity contribution in [1.29, 1.82) is 0 Å². The number of pyridine rings is 1. The summed E-state index contributed by atoms with van der Waals surface area (Å²) in [6.45, 7) is 3.68. The predicted molar refractivity (Wildman–Crippen MR) is 85.7 cm³/mol. The molecule has 0 N–H and O–H groups in total. The SMILES string of the molecule is C[C@@H]1C[C@H]1C(=O)N1Cc2cccn2C[C@@H](Oc2ncccc2F)C1. The predicted octanol–water partition coefficient (Wildman–Crippen LogP) is 2.47. The molecule has 4 rings (SSSR count). The summed E-state index contributed by atoms with van der Waals surface area (Å²) in [7, 11) is 0. The van der Waals surface area contributed by atoms with Crippen LogP contribution >= 0.6 is 0 Å². The lowest BCUT2D eigenvalue weighted by Crippen LogP contribution is -2.39. The van der Waals surface area contributed by atoms with E-state index >= 15 is 0 Å². The smallest absolute Gasteiger partial charge is 0.250 e. The second kappa shape index (κ2) is 5.92. The van der Waals surface area contributed by atoms with Crippen molar-refractivity contribution >= 4 is 5.91 Å². The van der Waals surface area contributed by atoms with Gasteiger partial charge in [0.15, 0.2) is 5.82 Å². The molecule has 1 aliphatic heterocycles. The zero-order valence-corrected chi connectivity index (χ0v) is 13.6. The molecule has 1 amide bonds. The van der Waals surface area contributed by atoms with Gasteiger partial charge < -0.3 is 14.2 Å². The Morgan fingerprint density at radius 2 is 2.17 bits per heavy atom. The van der Waals surface area contributed by atoms with Crippen molar-refractivity contribution in [3.05, 3.63) is 48.2 Å². The number of fused-ring (bicyclic) bond motifs is 1. The maximum absolute atomic E-state index is 13.9. The Morgan fingerprint density at radius 3 is 2.92 bits per heavy atom. The highest BCUT2D eigenvalue weighted by molar-refractivity contribution is 5.81. The monoisotopic (exact) mass is 329 g/mol. The van der Waals surface area contributed by atoms with Gasteiger partial charge in [-0.15, -0.1) is 0 Å². The van der Waals surface area contributed by atoms with Crippen LogP contribution in [0.2, 0.25) is 0 Å². The van der Waals surface area contributed by atoms with Gasteiger partial charge in [0, 0.05) is 24.0 Å². The lowest BCUT2D eigenvalue weighted by molar-refractivity contribution is -0.134. The second-order valence-electron chi connectivity index (χ2n) is 6.72. The van der Waals surface area contributed by atoms with Crippen LogP contribution < -0.4 is 4.74 Å². The Labute approximate surface area is 140 Å². The van der Waals surface area contributed by atoms with Crippen LogP contribution in [-0.2, 0) is 17.9 Å². The molecule has 3 heterocycles. The van der Waals surface area contributed by atoms with Gasteiger partial charge in [-0.1, -0.05) is 6.92 Å². The lowest BCUT2D eigenvalue weighted by atomic mass is 10.2. The van der Waals surface area contributed by atoms with Crippen molar-refractivity contribution in [1.82, 2.24) is 14.5 Å². The molecule has 0 bridgehead atoms. The number of rotatable bonds is 3. The third kappa shape index (κ3) is 2.88. The summed E-state index contributed by atoms with van der Waals surface area (Å²) in [5.41, 5.74) is 1.07. The molecule has 0 spiro atoms. The van der Waals surface area contributed by atoms with E-state index in [9.17, 15) is 9.18 Å². The molecular formula is C18H20FN3O2. The fourth-order valence-corrected chi connectivity index (χ4v) is 3.31. The topological polar surface area (TPSA) is 47.4 Å². The highest BCUT2D eigenvalue weighted by Crippen LogP contribution is 2.39. The zero-order chi connectivity index (χ0) is 16.7. The van der Waals surface area contributed by atoms with E-state index in [0.29, 0.717) is 25.6 Å². The van der Waals surface area contributed by atoms with Crippen LogP contribution in [0.5, 0.6) is 5.88 Å². The van der Waals surface area contributed by atoms with E-state index in [-0.39, 0.29) is 23.8 Å². The van der Waals surface area contributed by atoms with Crippen LogP contribution in [0.4, 0.5) is 4.39 Å². The number of halogens is 1. The minimum atomic E-state index is -0.483. The van der Waals surface area contributed by atoms with E-state index in [4.69, 9.17) is 4.74 Å². The van der Waals surface area contributed by atoms with Gasteiger partial charge in [0.1, 0.15) is 6.10 Å². The highest BCUT2D eigenvalue weighted by atomic mass is 19.1. The standard InChI is InChI=1S/C18H20FN3O2/c1-12-8-15(12)18(23)22-9-13-4-3-7-21(13)10-14(11-22)24-17-16(19)5-2-6-20-17/h2-7,12,14-15H,8-11H2,1H3/t12-,14-,15-/m1/s1. The minimum absolute atomic E-state index is 0.00899. The van der Waals surface area contributed by atoms with Crippen molar-refractivity contribution in [3.8, 4) is 5.88 Å². The molecule has 24 heavy (non-hydrogen) atoms. The van der Waals surface area contributed by atoms with Gasteiger partial charge in [0.25, 0.3) is 5.88 Å². The van der Waals surface area contributed by atoms with Crippen LogP contribution in [0, 0.1) is 17.7 Å². The molecule has 0 aromatic carbocycles. The summed E-state index contributed by atoms with van der Waals surface area (Å²) in [5, 5.41) is 0. The summed E-state index contributed by atoms with van der Waals surface area (Å²) >= 11 is 0. The molecule has 5 nitrogen and oxygen atoms in total. The van der Waals surface area contributed by atoms with Gasteiger partial charge >= 0.3 is 0 Å². The number of carbonyl (C=O) groups excluding carboxylic acids is 1. The van der Waals surface area contributed by atoms with Gasteiger partial charge in [-0.25, -0.2) is 9.37 Å². The quantitative estimate of drug-likeness (QED) is 0.869. The van der Waals surface area contributed by atoms with Gasteiger partial charge in [-0.2, -0.15) is 0 Å². The summed E-state index contributed by atoms with van der Waals surface area (Å²) in [5.74, 6) is 0.264. The Kier molecular flexibility index (Phi) is 3.75. The van der Waals surface area contributed by atoms with Crippen molar-refractivity contribution in [2.75, 3.05) is 6.54 Å². The number of amides is 1.